The highest BCUT2D eigenvalue weighted by Gasteiger charge is 2.63. The van der Waals surface area contributed by atoms with Gasteiger partial charge in [0.1, 0.15) is 23.1 Å². The van der Waals surface area contributed by atoms with Crippen LogP contribution in [0, 0.1) is 17.1 Å². The van der Waals surface area contributed by atoms with Gasteiger partial charge in [-0.15, -0.1) is 0 Å². The van der Waals surface area contributed by atoms with Crippen molar-refractivity contribution in [3.63, 3.8) is 0 Å². The van der Waals surface area contributed by atoms with Crippen molar-refractivity contribution in [2.75, 3.05) is 10.0 Å². The van der Waals surface area contributed by atoms with Crippen LogP contribution in [0.2, 0.25) is 5.02 Å². The van der Waals surface area contributed by atoms with Gasteiger partial charge in [0.15, 0.2) is 0 Å². The number of hydrogen-bond donors (Lipinski definition) is 3. The second-order valence-corrected chi connectivity index (χ2v) is 7.45. The Kier molecular flexibility index (Phi) is 5.71. The number of amides is 1. The van der Waals surface area contributed by atoms with Crippen molar-refractivity contribution in [2.45, 2.75) is 24.6 Å². The van der Waals surface area contributed by atoms with Crippen molar-refractivity contribution < 1.29 is 22.4 Å². The number of alkyl halides is 3. The highest BCUT2D eigenvalue weighted by molar-refractivity contribution is 7.98. The summed E-state index contributed by atoms with van der Waals surface area (Å²) in [6.07, 6.45) is -2.93. The molecule has 29 heavy (non-hydrogen) atoms. The second-order valence-electron chi connectivity index (χ2n) is 6.46. The van der Waals surface area contributed by atoms with Gasteiger partial charge in [-0.25, -0.2) is 9.11 Å². The van der Waals surface area contributed by atoms with Crippen molar-refractivity contribution in [2.24, 2.45) is 7.05 Å². The number of hydrogen-bond acceptors (Lipinski definition) is 5. The zero-order chi connectivity index (χ0) is 21.4. The summed E-state index contributed by atoms with van der Waals surface area (Å²) in [6, 6.07) is 5.18. The molecule has 0 bridgehead atoms. The minimum atomic E-state index is -4.36. The fourth-order valence-corrected chi connectivity index (χ4v) is 3.76. The highest BCUT2D eigenvalue weighted by atomic mass is 35.5. The first kappa shape index (κ1) is 21.3. The predicted octanol–water partition coefficient (Wildman–Crippen LogP) is 4.60. The molecule has 0 aliphatic heterocycles. The molecule has 1 saturated carbocycles. The molecule has 0 radical (unpaired) electrons. The van der Waals surface area contributed by atoms with Crippen LogP contribution in [-0.2, 0) is 7.05 Å². The van der Waals surface area contributed by atoms with E-state index in [1.807, 2.05) is 0 Å². The lowest BCUT2D eigenvalue weighted by Crippen LogP contribution is -2.41. The van der Waals surface area contributed by atoms with Gasteiger partial charge in [0, 0.05) is 31.1 Å². The summed E-state index contributed by atoms with van der Waals surface area (Å²) in [7, 11) is 1.54. The summed E-state index contributed by atoms with van der Waals surface area (Å²) in [5.74, 6) is -1.35. The SMILES string of the molecule is Cn1cc(NSNC2(C(F)(F)F)CC2)c(Cl)c1C(=O)Nc1ccc(F)c(C#N)c1. The molecule has 1 amide bonds. The Labute approximate surface area is 172 Å². The number of nitrogens with zero attached hydrogens (tertiary/aromatic N) is 2. The average molecular weight is 448 g/mol. The van der Waals surface area contributed by atoms with E-state index >= 15 is 0 Å². The summed E-state index contributed by atoms with van der Waals surface area (Å²) in [4.78, 5) is 12.5. The number of carbonyl (C=O) groups excluding carboxylic acids is 1. The molecule has 1 aliphatic rings. The number of benzene rings is 1. The summed E-state index contributed by atoms with van der Waals surface area (Å²) < 4.78 is 58.6. The molecule has 6 nitrogen and oxygen atoms in total. The van der Waals surface area contributed by atoms with Crippen LogP contribution in [0.5, 0.6) is 0 Å². The van der Waals surface area contributed by atoms with E-state index < -0.39 is 23.4 Å². The molecule has 1 heterocycles. The van der Waals surface area contributed by atoms with Gasteiger partial charge in [-0.1, -0.05) is 11.6 Å². The molecule has 0 unspecified atom stereocenters. The monoisotopic (exact) mass is 447 g/mol. The van der Waals surface area contributed by atoms with Crippen LogP contribution in [0.4, 0.5) is 28.9 Å². The van der Waals surface area contributed by atoms with Gasteiger partial charge in [-0.05, 0) is 31.0 Å². The maximum atomic E-state index is 13.4. The molecule has 154 valence electrons. The van der Waals surface area contributed by atoms with Crippen molar-refractivity contribution in [3.8, 4) is 6.07 Å². The smallest absolute Gasteiger partial charge is 0.343 e. The number of anilines is 2. The number of halogens is 5. The summed E-state index contributed by atoms with van der Waals surface area (Å²) in [6.45, 7) is 0. The van der Waals surface area contributed by atoms with Crippen molar-refractivity contribution in [1.82, 2.24) is 9.29 Å². The minimum Gasteiger partial charge on any atom is -0.343 e. The predicted molar refractivity (Wildman–Crippen MR) is 102 cm³/mol. The first-order chi connectivity index (χ1) is 13.6. The Morgan fingerprint density at radius 1 is 1.38 bits per heavy atom. The molecule has 1 aliphatic carbocycles. The van der Waals surface area contributed by atoms with E-state index in [0.29, 0.717) is 12.1 Å². The zero-order valence-corrected chi connectivity index (χ0v) is 16.4. The Bertz CT molecular complexity index is 997. The van der Waals surface area contributed by atoms with E-state index in [0.717, 1.165) is 6.07 Å². The van der Waals surface area contributed by atoms with E-state index in [1.54, 1.807) is 6.07 Å². The first-order valence-corrected chi connectivity index (χ1v) is 9.39. The van der Waals surface area contributed by atoms with Crippen LogP contribution in [0.25, 0.3) is 0 Å². The summed E-state index contributed by atoms with van der Waals surface area (Å²) in [5.41, 5.74) is -1.67. The maximum absolute atomic E-state index is 13.4. The van der Waals surface area contributed by atoms with Crippen molar-refractivity contribution >= 4 is 41.0 Å². The Morgan fingerprint density at radius 3 is 2.66 bits per heavy atom. The largest absolute Gasteiger partial charge is 0.407 e. The third-order valence-corrected chi connectivity index (χ3v) is 5.58. The molecule has 2 aromatic rings. The minimum absolute atomic E-state index is 0.00114. The van der Waals surface area contributed by atoms with E-state index in [9.17, 15) is 22.4 Å². The molecule has 1 fully saturated rings. The zero-order valence-electron chi connectivity index (χ0n) is 14.8. The number of nitriles is 1. The average Bonchev–Trinajstić information content (AvgIpc) is 3.38. The Morgan fingerprint density at radius 2 is 2.07 bits per heavy atom. The quantitative estimate of drug-likeness (QED) is 0.445. The number of carbonyl (C=O) groups is 1. The molecule has 3 N–H and O–H groups in total. The lowest BCUT2D eigenvalue weighted by atomic mass is 10.2. The molecular formula is C17H14ClF4N5OS. The van der Waals surface area contributed by atoms with Gasteiger partial charge in [0.2, 0.25) is 0 Å². The van der Waals surface area contributed by atoms with E-state index in [4.69, 9.17) is 16.9 Å². The van der Waals surface area contributed by atoms with Gasteiger partial charge < -0.3 is 14.6 Å². The topological polar surface area (TPSA) is 81.9 Å². The molecule has 12 heteroatoms. The Hall–Kier alpha value is -2.42. The van der Waals surface area contributed by atoms with Gasteiger partial charge >= 0.3 is 6.18 Å². The molecule has 0 spiro atoms. The van der Waals surface area contributed by atoms with Gasteiger partial charge in [-0.3, -0.25) is 4.79 Å². The second kappa shape index (κ2) is 7.78. The summed E-state index contributed by atoms with van der Waals surface area (Å²) in [5, 5.41) is 11.4. The molecule has 0 saturated heterocycles. The van der Waals surface area contributed by atoms with Crippen molar-refractivity contribution in [1.29, 1.82) is 5.26 Å². The van der Waals surface area contributed by atoms with E-state index in [1.165, 1.54) is 29.9 Å². The normalized spacial score (nSPS) is 14.9. The van der Waals surface area contributed by atoms with Gasteiger partial charge in [-0.2, -0.15) is 18.4 Å². The molecule has 1 aromatic heterocycles. The number of aryl methyl sites for hydroxylation is 1. The van der Waals surface area contributed by atoms with Crippen molar-refractivity contribution in [3.05, 3.63) is 46.5 Å². The van der Waals surface area contributed by atoms with Gasteiger partial charge in [0.05, 0.1) is 16.3 Å². The molecule has 1 aromatic carbocycles. The van der Waals surface area contributed by atoms with Crippen LogP contribution in [0.15, 0.2) is 24.4 Å². The molecule has 3 rings (SSSR count). The van der Waals surface area contributed by atoms with Crippen LogP contribution < -0.4 is 14.8 Å². The third-order valence-electron chi connectivity index (χ3n) is 4.38. The third kappa shape index (κ3) is 4.29. The fourth-order valence-electron chi connectivity index (χ4n) is 2.55. The van der Waals surface area contributed by atoms with E-state index in [2.05, 4.69) is 14.8 Å². The standard InChI is InChI=1S/C17H14ClF4N5OS/c1-27-8-12(25-29-26-16(4-5-16)17(20,21)22)13(18)14(27)15(28)24-10-2-3-11(19)9(6-10)7-23/h2-3,6,8,25-26H,4-5H2,1H3,(H,24,28). The lowest BCUT2D eigenvalue weighted by Gasteiger charge is -2.19. The first-order valence-electron chi connectivity index (χ1n) is 8.19. The van der Waals surface area contributed by atoms with Gasteiger partial charge in [0.25, 0.3) is 5.91 Å². The fraction of sp³-hybridized carbons (Fsp3) is 0.294. The maximum Gasteiger partial charge on any atom is 0.407 e. The molecular weight excluding hydrogens is 434 g/mol. The highest BCUT2D eigenvalue weighted by Crippen LogP contribution is 2.50. The summed E-state index contributed by atoms with van der Waals surface area (Å²) >= 11 is 6.84. The van der Waals surface area contributed by atoms with Crippen LogP contribution in [0.1, 0.15) is 28.9 Å². The number of nitrogens with one attached hydrogen (secondary N) is 3. The molecule has 0 atom stereocenters. The number of aromatic nitrogens is 1. The van der Waals surface area contributed by atoms with Crippen LogP contribution in [0.3, 0.4) is 0 Å². The van der Waals surface area contributed by atoms with E-state index in [-0.39, 0.29) is 40.5 Å². The number of rotatable bonds is 6. The van der Waals surface area contributed by atoms with Crippen LogP contribution >= 0.6 is 23.7 Å². The lowest BCUT2D eigenvalue weighted by molar-refractivity contribution is -0.160. The Balaban J connectivity index is 1.69. The van der Waals surface area contributed by atoms with Crippen LogP contribution in [-0.4, -0.2) is 22.2 Å².